The molecule has 0 unspecified atom stereocenters. The third-order valence-corrected chi connectivity index (χ3v) is 7.65. The van der Waals surface area contributed by atoms with E-state index in [1.54, 1.807) is 13.0 Å². The summed E-state index contributed by atoms with van der Waals surface area (Å²) in [5.74, 6) is -0.606. The molecule has 0 atom stereocenters. The van der Waals surface area contributed by atoms with Crippen LogP contribution in [-0.4, -0.2) is 116 Å². The van der Waals surface area contributed by atoms with E-state index < -0.39 is 21.3 Å². The molecule has 278 valence electrons. The number of aliphatic hydroxyl groups excluding tert-OH is 1. The van der Waals surface area contributed by atoms with Crippen molar-refractivity contribution in [3.63, 3.8) is 0 Å². The number of rotatable bonds is 21. The highest BCUT2D eigenvalue weighted by Crippen LogP contribution is 2.35. The Hall–Kier alpha value is -2.69. The average molecular weight is 715 g/mol. The van der Waals surface area contributed by atoms with Crippen LogP contribution < -0.4 is 0 Å². The van der Waals surface area contributed by atoms with Gasteiger partial charge in [0.15, 0.2) is 5.60 Å². The zero-order valence-electron chi connectivity index (χ0n) is 29.5. The minimum atomic E-state index is -3.43. The summed E-state index contributed by atoms with van der Waals surface area (Å²) in [6.45, 7) is 10.8. The molecule has 13 nitrogen and oxygen atoms in total. The zero-order chi connectivity index (χ0) is 36.2. The number of carbonyl (C=O) groups is 2. The lowest BCUT2D eigenvalue weighted by Gasteiger charge is -2.31. The average Bonchev–Trinajstić information content (AvgIpc) is 3.53. The molecule has 14 heteroatoms. The predicted molar refractivity (Wildman–Crippen MR) is 183 cm³/mol. The zero-order valence-corrected chi connectivity index (χ0v) is 30.3. The maximum atomic E-state index is 12.5. The molecule has 0 spiro atoms. The summed E-state index contributed by atoms with van der Waals surface area (Å²) in [6.07, 6.45) is 4.23. The molecule has 0 radical (unpaired) electrons. The van der Waals surface area contributed by atoms with Gasteiger partial charge in [-0.1, -0.05) is 30.3 Å². The van der Waals surface area contributed by atoms with E-state index in [-0.39, 0.29) is 31.8 Å². The lowest BCUT2D eigenvalue weighted by atomic mass is 10.00. The Kier molecular flexibility index (Phi) is 19.2. The number of aliphatic hydroxyl groups is 1. The Morgan fingerprint density at radius 3 is 1.96 bits per heavy atom. The molecule has 1 aliphatic carbocycles. The predicted octanol–water partition coefficient (Wildman–Crippen LogP) is 4.21. The molecule has 0 aliphatic heterocycles. The maximum absolute atomic E-state index is 12.5. The first-order chi connectivity index (χ1) is 23.3. The molecule has 49 heavy (non-hydrogen) atoms. The summed E-state index contributed by atoms with van der Waals surface area (Å²) in [5, 5.41) is 10.5. The number of ether oxygens (including phenoxy) is 7. The first kappa shape index (κ1) is 42.5. The van der Waals surface area contributed by atoms with Gasteiger partial charge in [0.05, 0.1) is 91.1 Å². The fraction of sp³-hybridized carbons (Fsp3) is 0.657. The van der Waals surface area contributed by atoms with Gasteiger partial charge in [0, 0.05) is 0 Å². The smallest absolute Gasteiger partial charge is 0.338 e. The van der Waals surface area contributed by atoms with Crippen LogP contribution in [0.25, 0.3) is 10.8 Å². The second kappa shape index (κ2) is 22.2. The van der Waals surface area contributed by atoms with E-state index in [1.165, 1.54) is 0 Å². The van der Waals surface area contributed by atoms with Crippen LogP contribution in [0.5, 0.6) is 0 Å². The SMILES string of the molecule is CC(C)(C)OC(=O)C1(OCCOCCOCCOS(C)(=O)=O)CCCC1.CCOC(=O)c1ccc(COCCOCCO)c2ccccc12. The van der Waals surface area contributed by atoms with Crippen LogP contribution in [0, 0.1) is 0 Å². The lowest BCUT2D eigenvalue weighted by Crippen LogP contribution is -2.44. The van der Waals surface area contributed by atoms with Gasteiger partial charge in [-0.2, -0.15) is 8.42 Å². The van der Waals surface area contributed by atoms with Crippen molar-refractivity contribution in [3.8, 4) is 0 Å². The molecule has 2 aromatic rings. The number of esters is 2. The second-order valence-corrected chi connectivity index (χ2v) is 13.9. The Balaban J connectivity index is 0.000000342. The molecule has 2 aromatic carbocycles. The van der Waals surface area contributed by atoms with Crippen LogP contribution in [-0.2, 0) is 58.9 Å². The fourth-order valence-corrected chi connectivity index (χ4v) is 5.30. The van der Waals surface area contributed by atoms with Gasteiger partial charge < -0.3 is 38.3 Å². The van der Waals surface area contributed by atoms with E-state index in [0.29, 0.717) is 77.9 Å². The lowest BCUT2D eigenvalue weighted by molar-refractivity contribution is -0.185. The van der Waals surface area contributed by atoms with Gasteiger partial charge >= 0.3 is 11.9 Å². The van der Waals surface area contributed by atoms with Gasteiger partial charge in [0.1, 0.15) is 5.60 Å². The van der Waals surface area contributed by atoms with Crippen molar-refractivity contribution in [1.29, 1.82) is 0 Å². The van der Waals surface area contributed by atoms with Gasteiger partial charge in [-0.05, 0) is 75.8 Å². The van der Waals surface area contributed by atoms with Crippen LogP contribution in [0.3, 0.4) is 0 Å². The molecule has 0 bridgehead atoms. The van der Waals surface area contributed by atoms with Crippen molar-refractivity contribution in [2.75, 3.05) is 78.9 Å². The van der Waals surface area contributed by atoms with Crippen molar-refractivity contribution in [2.45, 2.75) is 71.2 Å². The van der Waals surface area contributed by atoms with Gasteiger partial charge in [-0.15, -0.1) is 0 Å². The normalized spacial score (nSPS) is 14.3. The first-order valence-corrected chi connectivity index (χ1v) is 18.4. The molecular formula is C35H54O13S. The van der Waals surface area contributed by atoms with Crippen molar-refractivity contribution in [3.05, 3.63) is 47.5 Å². The summed E-state index contributed by atoms with van der Waals surface area (Å²) in [5.41, 5.74) is 0.189. The highest BCUT2D eigenvalue weighted by atomic mass is 32.2. The van der Waals surface area contributed by atoms with Crippen molar-refractivity contribution >= 4 is 32.8 Å². The number of benzene rings is 2. The number of fused-ring (bicyclic) bond motifs is 1. The Morgan fingerprint density at radius 2 is 1.37 bits per heavy atom. The Labute approximate surface area is 290 Å². The minimum Gasteiger partial charge on any atom is -0.462 e. The quantitative estimate of drug-likeness (QED) is 0.111. The molecule has 1 N–H and O–H groups in total. The number of hydrogen-bond donors (Lipinski definition) is 1. The summed E-state index contributed by atoms with van der Waals surface area (Å²) < 4.78 is 63.8. The standard InChI is InChI=1S/C18H22O5.C17H32O8S/c1-2-23-18(20)17-8-7-14(13-22-12-11-21-10-9-19)15-5-3-4-6-16(15)17;1-16(2,3)25-15(18)17(7-5-6-8-17)23-13-11-21-9-10-22-12-14-24-26(4,19)20/h3-8,19H,2,9-13H2,1H3;5-14H2,1-4H3. The van der Waals surface area contributed by atoms with E-state index in [9.17, 15) is 18.0 Å². The minimum absolute atomic E-state index is 0.0135. The van der Waals surface area contributed by atoms with Gasteiger partial charge in [-0.3, -0.25) is 4.18 Å². The molecule has 1 saturated carbocycles. The first-order valence-electron chi connectivity index (χ1n) is 16.6. The highest BCUT2D eigenvalue weighted by Gasteiger charge is 2.45. The van der Waals surface area contributed by atoms with Gasteiger partial charge in [0.25, 0.3) is 10.1 Å². The Bertz CT molecular complexity index is 1370. The van der Waals surface area contributed by atoms with E-state index in [0.717, 1.165) is 35.4 Å². The molecule has 0 heterocycles. The van der Waals surface area contributed by atoms with Gasteiger partial charge in [-0.25, -0.2) is 9.59 Å². The highest BCUT2D eigenvalue weighted by molar-refractivity contribution is 7.85. The third-order valence-electron chi connectivity index (χ3n) is 7.06. The summed E-state index contributed by atoms with van der Waals surface area (Å²) in [4.78, 5) is 24.5. The van der Waals surface area contributed by atoms with E-state index in [4.69, 9.17) is 38.3 Å². The number of hydrogen-bond acceptors (Lipinski definition) is 13. The monoisotopic (exact) mass is 714 g/mol. The molecule has 1 aliphatic rings. The molecule has 0 aromatic heterocycles. The van der Waals surface area contributed by atoms with Crippen LogP contribution >= 0.6 is 0 Å². The van der Waals surface area contributed by atoms with Crippen molar-refractivity contribution in [2.24, 2.45) is 0 Å². The fourth-order valence-electron chi connectivity index (χ4n) is 4.93. The van der Waals surface area contributed by atoms with E-state index in [1.807, 2.05) is 51.1 Å². The van der Waals surface area contributed by atoms with Crippen molar-refractivity contribution in [1.82, 2.24) is 0 Å². The summed E-state index contributed by atoms with van der Waals surface area (Å²) >= 11 is 0. The van der Waals surface area contributed by atoms with Crippen LogP contribution in [0.1, 0.15) is 69.3 Å². The maximum Gasteiger partial charge on any atom is 0.338 e. The van der Waals surface area contributed by atoms with Crippen LogP contribution in [0.15, 0.2) is 36.4 Å². The molecule has 1 fully saturated rings. The topological polar surface area (TPSA) is 162 Å². The van der Waals surface area contributed by atoms with Crippen molar-refractivity contribution < 1.29 is 60.5 Å². The molecule has 3 rings (SSSR count). The van der Waals surface area contributed by atoms with Crippen LogP contribution in [0.2, 0.25) is 0 Å². The van der Waals surface area contributed by atoms with Gasteiger partial charge in [0.2, 0.25) is 0 Å². The summed E-state index contributed by atoms with van der Waals surface area (Å²) in [7, 11) is -3.43. The molecular weight excluding hydrogens is 660 g/mol. The van der Waals surface area contributed by atoms with E-state index >= 15 is 0 Å². The molecule has 0 amide bonds. The largest absolute Gasteiger partial charge is 0.462 e. The summed E-state index contributed by atoms with van der Waals surface area (Å²) in [6, 6.07) is 11.4. The van der Waals surface area contributed by atoms with E-state index in [2.05, 4.69) is 4.18 Å². The number of carbonyl (C=O) groups excluding carboxylic acids is 2. The second-order valence-electron chi connectivity index (χ2n) is 12.2. The molecule has 0 saturated heterocycles. The van der Waals surface area contributed by atoms with Crippen LogP contribution in [0.4, 0.5) is 0 Å². The Morgan fingerprint density at radius 1 is 0.796 bits per heavy atom. The third kappa shape index (κ3) is 16.7.